The van der Waals surface area contributed by atoms with E-state index in [0.29, 0.717) is 77.0 Å². The Kier molecular flexibility index (Phi) is 80.7. The first kappa shape index (κ1) is 114. The molecule has 6 unspecified atom stereocenters. The highest BCUT2D eigenvalue weighted by Crippen LogP contribution is 2.44. The van der Waals surface area contributed by atoms with Crippen LogP contribution in [0.5, 0.6) is 0 Å². The second-order valence-corrected chi connectivity index (χ2v) is 35.3. The third-order valence-electron chi connectivity index (χ3n) is 20.8. The zero-order valence-corrected chi connectivity index (χ0v) is 77.0. The highest BCUT2D eigenvalue weighted by Gasteiger charge is 2.28. The Bertz CT molecular complexity index is 2450. The highest BCUT2D eigenvalue weighted by atomic mass is 31.2. The van der Waals surface area contributed by atoms with Gasteiger partial charge in [-0.1, -0.05) is 284 Å². The molecular formula is C92H172N4O20P2. The normalized spacial score (nSPS) is 13.7. The van der Waals surface area contributed by atoms with E-state index in [2.05, 4.69) is 87.1 Å². The molecule has 0 aromatic carbocycles. The van der Waals surface area contributed by atoms with Crippen molar-refractivity contribution in [1.82, 2.24) is 21.3 Å². The minimum atomic E-state index is -4.69. The van der Waals surface area contributed by atoms with Crippen LogP contribution in [0.15, 0.2) is 24.3 Å². The van der Waals surface area contributed by atoms with Gasteiger partial charge in [0.05, 0.1) is 77.8 Å². The lowest BCUT2D eigenvalue weighted by atomic mass is 10.0. The number of allylic oxidation sites excluding steroid dienone is 4. The van der Waals surface area contributed by atoms with Crippen molar-refractivity contribution in [3.05, 3.63) is 24.3 Å². The summed E-state index contributed by atoms with van der Waals surface area (Å²) in [6.45, 7) is 11.5. The molecule has 0 radical (unpaired) electrons. The van der Waals surface area contributed by atoms with Crippen LogP contribution in [0.4, 0.5) is 0 Å². The maximum atomic E-state index is 13.2. The van der Waals surface area contributed by atoms with Gasteiger partial charge in [-0.2, -0.15) is 0 Å². The number of phosphoric acid groups is 2. The van der Waals surface area contributed by atoms with Crippen LogP contribution in [0.25, 0.3) is 0 Å². The van der Waals surface area contributed by atoms with Crippen LogP contribution < -0.4 is 21.3 Å². The third kappa shape index (κ3) is 80.2. The van der Waals surface area contributed by atoms with E-state index in [4.69, 9.17) is 37.0 Å². The van der Waals surface area contributed by atoms with Crippen molar-refractivity contribution in [1.29, 1.82) is 0 Å². The molecule has 0 aromatic heterocycles. The van der Waals surface area contributed by atoms with Crippen LogP contribution in [0, 0.1) is 0 Å². The van der Waals surface area contributed by atoms with Crippen molar-refractivity contribution < 1.29 is 94.3 Å². The molecule has 0 rings (SSSR count). The molecule has 24 nitrogen and oxygen atoms in total. The molecule has 690 valence electrons. The Morgan fingerprint density at radius 3 is 0.898 bits per heavy atom. The van der Waals surface area contributed by atoms with Crippen LogP contribution in [0.1, 0.15) is 427 Å². The van der Waals surface area contributed by atoms with Crippen molar-refractivity contribution in [2.45, 2.75) is 451 Å². The van der Waals surface area contributed by atoms with Gasteiger partial charge in [-0.25, -0.2) is 9.13 Å². The van der Waals surface area contributed by atoms with Crippen LogP contribution in [-0.2, 0) is 84.5 Å². The Hall–Kier alpha value is -4.22. The molecule has 0 aromatic rings. The number of esters is 2. The van der Waals surface area contributed by atoms with Gasteiger partial charge < -0.3 is 50.0 Å². The summed E-state index contributed by atoms with van der Waals surface area (Å²) in [5.74, 6) is -2.55. The van der Waals surface area contributed by atoms with Gasteiger partial charge in [-0.15, -0.1) is 0 Å². The molecule has 6 atom stereocenters. The predicted molar refractivity (Wildman–Crippen MR) is 474 cm³/mol. The third-order valence-corrected chi connectivity index (χ3v) is 22.8. The second-order valence-electron chi connectivity index (χ2n) is 32.4. The Morgan fingerprint density at radius 1 is 0.297 bits per heavy atom. The molecule has 0 bridgehead atoms. The van der Waals surface area contributed by atoms with Crippen molar-refractivity contribution in [3.8, 4) is 0 Å². The van der Waals surface area contributed by atoms with E-state index in [1.54, 1.807) is 0 Å². The van der Waals surface area contributed by atoms with Gasteiger partial charge in [0.1, 0.15) is 23.8 Å². The van der Waals surface area contributed by atoms with E-state index in [0.717, 1.165) is 154 Å². The minimum absolute atomic E-state index is 0.0668. The van der Waals surface area contributed by atoms with Crippen LogP contribution >= 0.6 is 15.6 Å². The number of hydrogen-bond donors (Lipinski definition) is 6. The molecule has 0 aliphatic heterocycles. The average Bonchev–Trinajstić information content (AvgIpc) is 0.908. The summed E-state index contributed by atoms with van der Waals surface area (Å²) in [5, 5.41) is 10.9. The fraction of sp³-hybridized carbons (Fsp3) is 0.870. The van der Waals surface area contributed by atoms with Crippen molar-refractivity contribution in [2.24, 2.45) is 0 Å². The standard InChI is InChI=1S/C92H172N4O20P2/c1-7-13-19-25-29-33-37-45-51-59-83(97)75-89(101)95-81(77-109-71-67-85(61-53-43-23-17-11-5)115-91(103)65-57-49-39-35-31-27-21-15-9-3)79-113-117(105,106)111-73-69-93-87(99)63-55-47-41-42-48-56-64-88(100)94-70-74-112-118(107,108)114-80-82(96-90(102)76-84(98)60-52-46-38-34-30-26-20-14-8-2)78-110-72-68-86(62-54-44-24-18-12-6)116-92(104)66-58-50-40-36-32-28-22-16-10-4/h35-36,39-40,81-82,85-86H,7-34,37-38,41-80H2,1-6H3,(H,93,99)(H,94,100)(H,95,101)(H,96,102)(H,105,106)(H,107,108)/b39-35-,40-36-. The number of amides is 4. The van der Waals surface area contributed by atoms with Crippen molar-refractivity contribution in [3.63, 3.8) is 0 Å². The molecule has 0 heterocycles. The lowest BCUT2D eigenvalue weighted by Gasteiger charge is -2.22. The van der Waals surface area contributed by atoms with Gasteiger partial charge in [0.15, 0.2) is 0 Å². The topological polar surface area (TPSA) is 333 Å². The number of ketones is 2. The number of nitrogens with one attached hydrogen (secondary N) is 4. The fourth-order valence-electron chi connectivity index (χ4n) is 13.6. The smallest absolute Gasteiger partial charge is 0.462 e. The molecule has 0 aliphatic carbocycles. The van der Waals surface area contributed by atoms with Crippen LogP contribution in [0.3, 0.4) is 0 Å². The Balaban J connectivity index is 5.26. The average molecular weight is 1720 g/mol. The summed E-state index contributed by atoms with van der Waals surface area (Å²) in [7, 11) is -9.38. The molecule has 0 saturated carbocycles. The van der Waals surface area contributed by atoms with Gasteiger partial charge in [0.25, 0.3) is 0 Å². The van der Waals surface area contributed by atoms with Crippen LogP contribution in [0.2, 0.25) is 0 Å². The second kappa shape index (κ2) is 83.7. The molecule has 0 saturated heterocycles. The van der Waals surface area contributed by atoms with Gasteiger partial charge in [-0.3, -0.25) is 56.5 Å². The van der Waals surface area contributed by atoms with Crippen LogP contribution in [-0.4, -0.2) is 147 Å². The van der Waals surface area contributed by atoms with Gasteiger partial charge in [0, 0.05) is 64.5 Å². The summed E-state index contributed by atoms with van der Waals surface area (Å²) < 4.78 is 71.2. The lowest BCUT2D eigenvalue weighted by Crippen LogP contribution is -2.42. The summed E-state index contributed by atoms with van der Waals surface area (Å²) in [6, 6.07) is -1.86. The zero-order chi connectivity index (χ0) is 86.7. The monoisotopic (exact) mass is 1720 g/mol. The fourth-order valence-corrected chi connectivity index (χ4v) is 15.2. The summed E-state index contributed by atoms with van der Waals surface area (Å²) in [4.78, 5) is 125. The van der Waals surface area contributed by atoms with E-state index in [-0.39, 0.29) is 139 Å². The molecule has 0 fully saturated rings. The highest BCUT2D eigenvalue weighted by molar-refractivity contribution is 7.47. The van der Waals surface area contributed by atoms with Gasteiger partial charge in [0.2, 0.25) is 23.6 Å². The first-order valence-corrected chi connectivity index (χ1v) is 50.4. The number of hydrogen-bond acceptors (Lipinski definition) is 18. The maximum Gasteiger partial charge on any atom is 0.472 e. The maximum absolute atomic E-state index is 13.2. The number of unbranched alkanes of at least 4 members (excludes halogenated alkanes) is 39. The zero-order valence-electron chi connectivity index (χ0n) is 75.3. The van der Waals surface area contributed by atoms with E-state index in [1.165, 1.54) is 116 Å². The molecule has 118 heavy (non-hydrogen) atoms. The van der Waals surface area contributed by atoms with E-state index in [1.807, 2.05) is 0 Å². The van der Waals surface area contributed by atoms with E-state index < -0.39 is 52.8 Å². The Morgan fingerprint density at radius 2 is 0.576 bits per heavy atom. The summed E-state index contributed by atoms with van der Waals surface area (Å²) in [6.07, 6.45) is 60.5. The van der Waals surface area contributed by atoms with E-state index >= 15 is 0 Å². The number of carbonyl (C=O) groups is 8. The number of phosphoric ester groups is 2. The number of rotatable bonds is 91. The molecule has 4 amide bonds. The van der Waals surface area contributed by atoms with Crippen molar-refractivity contribution >= 4 is 62.8 Å². The minimum Gasteiger partial charge on any atom is -0.462 e. The number of carbonyl (C=O) groups excluding carboxylic acids is 8. The molecule has 0 spiro atoms. The molecule has 0 aliphatic rings. The quantitative estimate of drug-likeness (QED) is 0.0108. The first-order valence-electron chi connectivity index (χ1n) is 47.4. The predicted octanol–water partition coefficient (Wildman–Crippen LogP) is 22.1. The molecule has 26 heteroatoms. The first-order chi connectivity index (χ1) is 57.2. The summed E-state index contributed by atoms with van der Waals surface area (Å²) in [5.41, 5.74) is 0. The van der Waals surface area contributed by atoms with Crippen molar-refractivity contribution in [2.75, 3.05) is 65.9 Å². The largest absolute Gasteiger partial charge is 0.472 e. The summed E-state index contributed by atoms with van der Waals surface area (Å²) >= 11 is 0. The van der Waals surface area contributed by atoms with Gasteiger partial charge in [-0.05, 0) is 103 Å². The lowest BCUT2D eigenvalue weighted by molar-refractivity contribution is -0.151. The Labute approximate surface area is 716 Å². The van der Waals surface area contributed by atoms with E-state index in [9.17, 15) is 57.3 Å². The SMILES string of the molecule is CCCCCC/C=C\CCCC(=O)OC(CCCCCCC)CCOCC(COP(=O)(O)OCCNC(=O)CCCCCCCCC(=O)NCCOP(=O)(O)OCC(COCCC(CCCCCCC)OC(=O)CCC/C=C\CCCCCC)NC(=O)CC(=O)CCCCCCCCCCC)NC(=O)CC(=O)CCCCCCCCCCC. The van der Waals surface area contributed by atoms with Gasteiger partial charge >= 0.3 is 27.6 Å². The molecule has 6 N–H and O–H groups in total. The number of ether oxygens (including phenoxy) is 4. The number of Topliss-reactive ketones (excluding diaryl/α,β-unsaturated/α-hetero) is 2. The molecular weight excluding hydrogens is 1540 g/mol.